The molecule has 17 heavy (non-hydrogen) atoms. The van der Waals surface area contributed by atoms with Crippen molar-refractivity contribution in [3.05, 3.63) is 18.0 Å². The van der Waals surface area contributed by atoms with Gasteiger partial charge in [0.15, 0.2) is 0 Å². The Morgan fingerprint density at radius 3 is 2.82 bits per heavy atom. The molecule has 5 nitrogen and oxygen atoms in total. The van der Waals surface area contributed by atoms with Crippen molar-refractivity contribution in [2.45, 2.75) is 25.4 Å². The third-order valence-electron chi connectivity index (χ3n) is 2.97. The van der Waals surface area contributed by atoms with Gasteiger partial charge in [0.2, 0.25) is 5.95 Å². The molecule has 0 aliphatic carbocycles. The highest BCUT2D eigenvalue weighted by atomic mass is 16.5. The van der Waals surface area contributed by atoms with Crippen molar-refractivity contribution in [1.82, 2.24) is 9.97 Å². The molecule has 2 rings (SSSR count). The van der Waals surface area contributed by atoms with Crippen LogP contribution in [-0.2, 0) is 11.2 Å². The molecule has 1 atom stereocenters. The van der Waals surface area contributed by atoms with E-state index in [2.05, 4.69) is 9.97 Å². The van der Waals surface area contributed by atoms with Crippen LogP contribution in [0.15, 0.2) is 12.4 Å². The molecule has 1 aliphatic rings. The Morgan fingerprint density at radius 2 is 2.24 bits per heavy atom. The lowest BCUT2D eigenvalue weighted by molar-refractivity contribution is 0.116. The second-order valence-corrected chi connectivity index (χ2v) is 4.45. The number of aromatic nitrogens is 2. The first-order valence-corrected chi connectivity index (χ1v) is 6.13. The van der Waals surface area contributed by atoms with E-state index in [1.807, 2.05) is 24.3 Å². The molecule has 0 bridgehead atoms. The zero-order chi connectivity index (χ0) is 12.1. The fraction of sp³-hybridized carbons (Fsp3) is 0.667. The average molecular weight is 236 g/mol. The van der Waals surface area contributed by atoms with Crippen molar-refractivity contribution in [3.63, 3.8) is 0 Å². The summed E-state index contributed by atoms with van der Waals surface area (Å²) in [5, 5.41) is 0. The minimum absolute atomic E-state index is 0.326. The lowest BCUT2D eigenvalue weighted by Crippen LogP contribution is -2.29. The first-order valence-electron chi connectivity index (χ1n) is 6.13. The molecule has 0 radical (unpaired) electrons. The smallest absolute Gasteiger partial charge is 0.225 e. The first-order chi connectivity index (χ1) is 8.29. The molecule has 1 saturated heterocycles. The summed E-state index contributed by atoms with van der Waals surface area (Å²) in [7, 11) is 2.00. The number of nitrogens with two attached hydrogens (primary N) is 1. The van der Waals surface area contributed by atoms with E-state index in [1.165, 1.54) is 0 Å². The van der Waals surface area contributed by atoms with E-state index in [1.54, 1.807) is 0 Å². The second-order valence-electron chi connectivity index (χ2n) is 4.45. The molecule has 1 aliphatic heterocycles. The summed E-state index contributed by atoms with van der Waals surface area (Å²) in [6.07, 6.45) is 7.15. The summed E-state index contributed by atoms with van der Waals surface area (Å²) in [6, 6.07) is 0. The van der Waals surface area contributed by atoms with Crippen LogP contribution in [0.2, 0.25) is 0 Å². The summed E-state index contributed by atoms with van der Waals surface area (Å²) in [4.78, 5) is 10.7. The fourth-order valence-electron chi connectivity index (χ4n) is 2.02. The molecule has 1 aromatic heterocycles. The van der Waals surface area contributed by atoms with E-state index in [4.69, 9.17) is 10.5 Å². The van der Waals surface area contributed by atoms with Gasteiger partial charge in [0.25, 0.3) is 0 Å². The summed E-state index contributed by atoms with van der Waals surface area (Å²) in [6.45, 7) is 2.37. The molecule has 1 aromatic rings. The van der Waals surface area contributed by atoms with Crippen LogP contribution in [0.5, 0.6) is 0 Å². The van der Waals surface area contributed by atoms with Crippen molar-refractivity contribution in [1.29, 1.82) is 0 Å². The number of hydrogen-bond acceptors (Lipinski definition) is 5. The second kappa shape index (κ2) is 5.93. The number of hydrogen-bond donors (Lipinski definition) is 1. The third-order valence-corrected chi connectivity index (χ3v) is 2.97. The molecule has 1 unspecified atom stereocenters. The van der Waals surface area contributed by atoms with Crippen molar-refractivity contribution in [2.24, 2.45) is 5.73 Å². The lowest BCUT2D eigenvalue weighted by atomic mass is 10.2. The molecule has 1 fully saturated rings. The maximum Gasteiger partial charge on any atom is 0.225 e. The Morgan fingerprint density at radius 1 is 1.47 bits per heavy atom. The van der Waals surface area contributed by atoms with Gasteiger partial charge in [-0.05, 0) is 31.4 Å². The van der Waals surface area contributed by atoms with Crippen LogP contribution in [-0.4, -0.2) is 42.8 Å². The van der Waals surface area contributed by atoms with Crippen LogP contribution < -0.4 is 10.6 Å². The van der Waals surface area contributed by atoms with Gasteiger partial charge in [-0.2, -0.15) is 0 Å². The van der Waals surface area contributed by atoms with E-state index >= 15 is 0 Å². The van der Waals surface area contributed by atoms with Crippen LogP contribution in [0.1, 0.15) is 18.4 Å². The maximum atomic E-state index is 5.59. The average Bonchev–Trinajstić information content (AvgIpc) is 2.83. The van der Waals surface area contributed by atoms with Gasteiger partial charge in [-0.3, -0.25) is 0 Å². The quantitative estimate of drug-likeness (QED) is 0.810. The Balaban J connectivity index is 1.91. The number of rotatable bonds is 5. The topological polar surface area (TPSA) is 64.3 Å². The van der Waals surface area contributed by atoms with E-state index < -0.39 is 0 Å². The van der Waals surface area contributed by atoms with Crippen LogP contribution in [0.25, 0.3) is 0 Å². The minimum Gasteiger partial charge on any atom is -0.376 e. The maximum absolute atomic E-state index is 5.59. The van der Waals surface area contributed by atoms with Crippen LogP contribution in [0, 0.1) is 0 Å². The van der Waals surface area contributed by atoms with Crippen LogP contribution in [0.3, 0.4) is 0 Å². The molecule has 0 saturated carbocycles. The normalized spacial score (nSPS) is 19.5. The Labute approximate surface area is 102 Å². The van der Waals surface area contributed by atoms with Crippen LogP contribution >= 0.6 is 0 Å². The van der Waals surface area contributed by atoms with Gasteiger partial charge in [-0.1, -0.05) is 0 Å². The van der Waals surface area contributed by atoms with Crippen LogP contribution in [0.4, 0.5) is 5.95 Å². The molecule has 2 heterocycles. The number of anilines is 1. The highest BCUT2D eigenvalue weighted by Crippen LogP contribution is 2.15. The zero-order valence-corrected chi connectivity index (χ0v) is 10.3. The molecule has 0 amide bonds. The van der Waals surface area contributed by atoms with E-state index in [9.17, 15) is 0 Å². The zero-order valence-electron chi connectivity index (χ0n) is 10.3. The summed E-state index contributed by atoms with van der Waals surface area (Å²) < 4.78 is 5.59. The van der Waals surface area contributed by atoms with Gasteiger partial charge in [0.1, 0.15) is 0 Å². The number of ether oxygens (including phenoxy) is 1. The predicted octanol–water partition coefficient (Wildman–Crippen LogP) is 0.593. The van der Waals surface area contributed by atoms with Crippen molar-refractivity contribution >= 4 is 5.95 Å². The number of nitrogens with zero attached hydrogens (tertiary/aromatic N) is 3. The molecule has 5 heteroatoms. The SMILES string of the molecule is CN(CC1CCCO1)c1ncc(CCN)cn1. The van der Waals surface area contributed by atoms with Gasteiger partial charge < -0.3 is 15.4 Å². The summed E-state index contributed by atoms with van der Waals surface area (Å²) >= 11 is 0. The van der Waals surface area contributed by atoms with Gasteiger partial charge in [-0.25, -0.2) is 9.97 Å². The van der Waals surface area contributed by atoms with E-state index in [0.29, 0.717) is 12.6 Å². The summed E-state index contributed by atoms with van der Waals surface area (Å²) in [5.41, 5.74) is 6.57. The first kappa shape index (κ1) is 12.3. The van der Waals surface area contributed by atoms with E-state index in [-0.39, 0.29) is 0 Å². The predicted molar refractivity (Wildman–Crippen MR) is 67.0 cm³/mol. The highest BCUT2D eigenvalue weighted by molar-refractivity contribution is 5.28. The largest absolute Gasteiger partial charge is 0.376 e. The molecular formula is C12H20N4O. The summed E-state index contributed by atoms with van der Waals surface area (Å²) in [5.74, 6) is 0.751. The van der Waals surface area contributed by atoms with Crippen molar-refractivity contribution < 1.29 is 4.74 Å². The molecule has 0 aromatic carbocycles. The Kier molecular flexibility index (Phi) is 4.28. The van der Waals surface area contributed by atoms with Gasteiger partial charge in [0.05, 0.1) is 6.10 Å². The minimum atomic E-state index is 0.326. The number of likely N-dealkylation sites (N-methyl/N-ethyl adjacent to an activating group) is 1. The molecule has 0 spiro atoms. The molecular weight excluding hydrogens is 216 g/mol. The lowest BCUT2D eigenvalue weighted by Gasteiger charge is -2.20. The molecule has 94 valence electrons. The van der Waals surface area contributed by atoms with Crippen molar-refractivity contribution in [2.75, 3.05) is 31.6 Å². The molecule has 2 N–H and O–H groups in total. The highest BCUT2D eigenvalue weighted by Gasteiger charge is 2.18. The monoisotopic (exact) mass is 236 g/mol. The third kappa shape index (κ3) is 3.38. The van der Waals surface area contributed by atoms with Gasteiger partial charge in [-0.15, -0.1) is 0 Å². The Bertz CT molecular complexity index is 335. The fourth-order valence-corrected chi connectivity index (χ4v) is 2.02. The Hall–Kier alpha value is -1.20. The van der Waals surface area contributed by atoms with Gasteiger partial charge >= 0.3 is 0 Å². The van der Waals surface area contributed by atoms with Gasteiger partial charge in [0, 0.05) is 32.6 Å². The van der Waals surface area contributed by atoms with E-state index in [0.717, 1.165) is 43.9 Å². The standard InChI is InChI=1S/C12H20N4O/c1-16(9-11-3-2-6-17-11)12-14-7-10(4-5-13)8-15-12/h7-8,11H,2-6,9,13H2,1H3. The van der Waals surface area contributed by atoms with Crippen molar-refractivity contribution in [3.8, 4) is 0 Å².